The van der Waals surface area contributed by atoms with Gasteiger partial charge in [0.2, 0.25) is 0 Å². The Hall–Kier alpha value is -2.70. The summed E-state index contributed by atoms with van der Waals surface area (Å²) < 4.78 is 10.6. The highest BCUT2D eigenvalue weighted by molar-refractivity contribution is 6.30. The molecule has 1 aliphatic rings. The number of esters is 1. The van der Waals surface area contributed by atoms with Gasteiger partial charge in [0.05, 0.1) is 18.8 Å². The van der Waals surface area contributed by atoms with Crippen molar-refractivity contribution in [3.8, 4) is 0 Å². The van der Waals surface area contributed by atoms with E-state index in [1.165, 1.54) is 13.0 Å². The molecule has 1 saturated heterocycles. The molecule has 0 saturated carbocycles. The van der Waals surface area contributed by atoms with Crippen molar-refractivity contribution in [2.75, 3.05) is 26.3 Å². The van der Waals surface area contributed by atoms with Gasteiger partial charge in [-0.15, -0.1) is 0 Å². The molecule has 1 atom stereocenters. The van der Waals surface area contributed by atoms with E-state index in [-0.39, 0.29) is 22.8 Å². The first-order valence-corrected chi connectivity index (χ1v) is 9.32. The number of halogens is 1. The van der Waals surface area contributed by atoms with E-state index in [2.05, 4.69) is 0 Å². The highest BCUT2D eigenvalue weighted by atomic mass is 35.5. The third-order valence-corrected chi connectivity index (χ3v) is 4.70. The molecule has 0 aromatic heterocycles. The Morgan fingerprint density at radius 2 is 1.61 bits per heavy atom. The lowest BCUT2D eigenvalue weighted by Gasteiger charge is -2.29. The van der Waals surface area contributed by atoms with Gasteiger partial charge in [0, 0.05) is 29.2 Å². The number of ketones is 1. The van der Waals surface area contributed by atoms with Crippen molar-refractivity contribution in [1.82, 2.24) is 4.90 Å². The minimum Gasteiger partial charge on any atom is -0.449 e. The van der Waals surface area contributed by atoms with Crippen LogP contribution in [-0.2, 0) is 14.3 Å². The summed E-state index contributed by atoms with van der Waals surface area (Å²) in [6, 6.07) is 12.8. The topological polar surface area (TPSA) is 72.9 Å². The van der Waals surface area contributed by atoms with Crippen molar-refractivity contribution in [3.63, 3.8) is 0 Å². The first-order valence-electron chi connectivity index (χ1n) is 8.94. The summed E-state index contributed by atoms with van der Waals surface area (Å²) in [7, 11) is 0. The number of ether oxygens (including phenoxy) is 2. The van der Waals surface area contributed by atoms with Crippen LogP contribution in [0.1, 0.15) is 33.2 Å². The maximum Gasteiger partial charge on any atom is 0.339 e. The number of nitrogens with zero attached hydrogens (tertiary/aromatic N) is 1. The lowest BCUT2D eigenvalue weighted by Crippen LogP contribution is -2.46. The monoisotopic (exact) mass is 401 g/mol. The lowest BCUT2D eigenvalue weighted by atomic mass is 9.98. The smallest absolute Gasteiger partial charge is 0.339 e. The van der Waals surface area contributed by atoms with Crippen molar-refractivity contribution in [2.24, 2.45) is 0 Å². The van der Waals surface area contributed by atoms with E-state index in [1.807, 2.05) is 0 Å². The Morgan fingerprint density at radius 3 is 2.25 bits per heavy atom. The molecule has 1 unspecified atom stereocenters. The molecule has 0 bridgehead atoms. The van der Waals surface area contributed by atoms with Gasteiger partial charge >= 0.3 is 5.97 Å². The standard InChI is InChI=1S/C21H20ClNO5/c1-14(20(25)23-10-12-27-13-11-23)28-21(26)18-5-3-2-4-17(18)19(24)15-6-8-16(22)9-7-15/h2-9,14H,10-13H2,1H3. The zero-order chi connectivity index (χ0) is 20.1. The maximum atomic E-state index is 12.8. The fourth-order valence-corrected chi connectivity index (χ4v) is 3.06. The second-order valence-corrected chi connectivity index (χ2v) is 6.80. The van der Waals surface area contributed by atoms with Crippen LogP contribution < -0.4 is 0 Å². The molecular formula is C21H20ClNO5. The normalized spacial score (nSPS) is 15.0. The summed E-state index contributed by atoms with van der Waals surface area (Å²) >= 11 is 5.87. The fourth-order valence-electron chi connectivity index (χ4n) is 2.93. The van der Waals surface area contributed by atoms with Gasteiger partial charge in [0.15, 0.2) is 11.9 Å². The van der Waals surface area contributed by atoms with Crippen LogP contribution >= 0.6 is 11.6 Å². The first-order chi connectivity index (χ1) is 13.5. The van der Waals surface area contributed by atoms with Crippen LogP contribution in [0.25, 0.3) is 0 Å². The minimum atomic E-state index is -0.954. The van der Waals surface area contributed by atoms with Crippen LogP contribution in [-0.4, -0.2) is 55.0 Å². The average Bonchev–Trinajstić information content (AvgIpc) is 2.73. The van der Waals surface area contributed by atoms with Gasteiger partial charge in [-0.2, -0.15) is 0 Å². The van der Waals surface area contributed by atoms with Gasteiger partial charge in [-0.05, 0) is 37.3 Å². The largest absolute Gasteiger partial charge is 0.449 e. The van der Waals surface area contributed by atoms with Gasteiger partial charge in [0.25, 0.3) is 5.91 Å². The molecule has 0 spiro atoms. The van der Waals surface area contributed by atoms with E-state index in [0.29, 0.717) is 36.9 Å². The van der Waals surface area contributed by atoms with Crippen molar-refractivity contribution in [3.05, 3.63) is 70.2 Å². The van der Waals surface area contributed by atoms with E-state index in [1.54, 1.807) is 47.4 Å². The van der Waals surface area contributed by atoms with Crippen LogP contribution in [0.4, 0.5) is 0 Å². The molecule has 28 heavy (non-hydrogen) atoms. The number of benzene rings is 2. The molecule has 1 heterocycles. The molecule has 0 radical (unpaired) electrons. The fraction of sp³-hybridized carbons (Fsp3) is 0.286. The molecule has 2 aromatic carbocycles. The van der Waals surface area contributed by atoms with E-state index < -0.39 is 12.1 Å². The number of morpholine rings is 1. The summed E-state index contributed by atoms with van der Waals surface area (Å²) in [5.74, 6) is -1.32. The SMILES string of the molecule is CC(OC(=O)c1ccccc1C(=O)c1ccc(Cl)cc1)C(=O)N1CCOCC1. The van der Waals surface area contributed by atoms with Crippen LogP contribution in [0.15, 0.2) is 48.5 Å². The van der Waals surface area contributed by atoms with Crippen molar-refractivity contribution in [1.29, 1.82) is 0 Å². The summed E-state index contributed by atoms with van der Waals surface area (Å²) in [5.41, 5.74) is 0.729. The Morgan fingerprint density at radius 1 is 1.00 bits per heavy atom. The zero-order valence-electron chi connectivity index (χ0n) is 15.4. The second-order valence-electron chi connectivity index (χ2n) is 6.37. The molecule has 0 N–H and O–H groups in total. The number of rotatable bonds is 5. The van der Waals surface area contributed by atoms with Crippen LogP contribution in [0.5, 0.6) is 0 Å². The van der Waals surface area contributed by atoms with Crippen molar-refractivity contribution >= 4 is 29.3 Å². The van der Waals surface area contributed by atoms with Gasteiger partial charge in [-0.1, -0.05) is 29.8 Å². The number of carbonyl (C=O) groups is 3. The first kappa shape index (κ1) is 20.0. The highest BCUT2D eigenvalue weighted by Gasteiger charge is 2.27. The molecule has 3 rings (SSSR count). The molecule has 7 heteroatoms. The summed E-state index contributed by atoms with van der Waals surface area (Å²) in [6.07, 6.45) is -0.954. The van der Waals surface area contributed by atoms with Crippen LogP contribution in [0, 0.1) is 0 Å². The summed E-state index contributed by atoms with van der Waals surface area (Å²) in [5, 5.41) is 0.514. The molecule has 2 aromatic rings. The Kier molecular flexibility index (Phi) is 6.44. The summed E-state index contributed by atoms with van der Waals surface area (Å²) in [6.45, 7) is 3.38. The predicted molar refractivity (Wildman–Crippen MR) is 104 cm³/mol. The number of carbonyl (C=O) groups excluding carboxylic acids is 3. The third-order valence-electron chi connectivity index (χ3n) is 4.45. The van der Waals surface area contributed by atoms with E-state index in [9.17, 15) is 14.4 Å². The molecule has 1 aliphatic heterocycles. The van der Waals surface area contributed by atoms with Gasteiger partial charge in [-0.25, -0.2) is 4.79 Å². The third kappa shape index (κ3) is 4.58. The van der Waals surface area contributed by atoms with Gasteiger partial charge in [0.1, 0.15) is 0 Å². The van der Waals surface area contributed by atoms with E-state index in [4.69, 9.17) is 21.1 Å². The molecule has 0 aliphatic carbocycles. The number of hydrogen-bond donors (Lipinski definition) is 0. The van der Waals surface area contributed by atoms with E-state index in [0.717, 1.165) is 0 Å². The Bertz CT molecular complexity index is 875. The van der Waals surface area contributed by atoms with Gasteiger partial charge < -0.3 is 14.4 Å². The second kappa shape index (κ2) is 8.99. The lowest BCUT2D eigenvalue weighted by molar-refractivity contribution is -0.143. The quantitative estimate of drug-likeness (QED) is 0.569. The Labute approximate surface area is 168 Å². The summed E-state index contributed by atoms with van der Waals surface area (Å²) in [4.78, 5) is 39.5. The van der Waals surface area contributed by atoms with Crippen LogP contribution in [0.2, 0.25) is 5.02 Å². The molecule has 6 nitrogen and oxygen atoms in total. The molecule has 1 fully saturated rings. The maximum absolute atomic E-state index is 12.8. The van der Waals surface area contributed by atoms with Gasteiger partial charge in [-0.3, -0.25) is 9.59 Å². The molecule has 1 amide bonds. The molecule has 146 valence electrons. The predicted octanol–water partition coefficient (Wildman–Crippen LogP) is 2.98. The Balaban J connectivity index is 1.76. The minimum absolute atomic E-state index is 0.115. The van der Waals surface area contributed by atoms with Crippen molar-refractivity contribution < 1.29 is 23.9 Å². The van der Waals surface area contributed by atoms with Crippen LogP contribution in [0.3, 0.4) is 0 Å². The van der Waals surface area contributed by atoms with E-state index >= 15 is 0 Å². The number of amides is 1. The highest BCUT2D eigenvalue weighted by Crippen LogP contribution is 2.18. The van der Waals surface area contributed by atoms with Crippen molar-refractivity contribution in [2.45, 2.75) is 13.0 Å². The average molecular weight is 402 g/mol. The number of hydrogen-bond acceptors (Lipinski definition) is 5. The zero-order valence-corrected chi connectivity index (χ0v) is 16.1. The molecular weight excluding hydrogens is 382 g/mol.